The normalized spacial score (nSPS) is 13.6. The van der Waals surface area contributed by atoms with Crippen molar-refractivity contribution in [3.8, 4) is 17.2 Å². The number of alkyl carbamates (subject to hydrolysis) is 1. The van der Waals surface area contributed by atoms with Gasteiger partial charge in [-0.25, -0.2) is 4.79 Å². The van der Waals surface area contributed by atoms with Crippen LogP contribution in [0, 0.1) is 17.2 Å². The van der Waals surface area contributed by atoms with Crippen molar-refractivity contribution in [2.75, 3.05) is 13.2 Å². The van der Waals surface area contributed by atoms with Crippen LogP contribution in [0.3, 0.4) is 0 Å². The van der Waals surface area contributed by atoms with Gasteiger partial charge in [-0.3, -0.25) is 9.59 Å². The SMILES string of the molecule is CCC(CNC(=O)C(CCCC#N)NC(=O)OCC1c2ccccc2-c2ccccc21)CC(=O)O. The number of carboxylic acid groups (broad SMARTS) is 1. The lowest BCUT2D eigenvalue weighted by atomic mass is 9.98. The van der Waals surface area contributed by atoms with Crippen molar-refractivity contribution >= 4 is 18.0 Å². The minimum absolute atomic E-state index is 0.0459. The lowest BCUT2D eigenvalue weighted by Crippen LogP contribution is -2.48. The molecule has 0 heterocycles. The number of benzene rings is 2. The second kappa shape index (κ2) is 12.6. The molecule has 35 heavy (non-hydrogen) atoms. The third-order valence-corrected chi connectivity index (χ3v) is 6.34. The highest BCUT2D eigenvalue weighted by molar-refractivity contribution is 5.85. The first-order valence-electron chi connectivity index (χ1n) is 11.9. The van der Waals surface area contributed by atoms with Crippen LogP contribution < -0.4 is 10.6 Å². The number of nitrogens with zero attached hydrogens (tertiary/aromatic N) is 1. The molecule has 3 rings (SSSR count). The minimum atomic E-state index is -0.923. The maximum atomic E-state index is 12.8. The Morgan fingerprint density at radius 1 is 1.09 bits per heavy atom. The predicted molar refractivity (Wildman–Crippen MR) is 131 cm³/mol. The molecule has 2 aromatic rings. The molecule has 8 nitrogen and oxygen atoms in total. The number of hydrogen-bond acceptors (Lipinski definition) is 5. The van der Waals surface area contributed by atoms with Gasteiger partial charge in [-0.2, -0.15) is 5.26 Å². The van der Waals surface area contributed by atoms with E-state index in [0.29, 0.717) is 12.8 Å². The van der Waals surface area contributed by atoms with Crippen LogP contribution >= 0.6 is 0 Å². The van der Waals surface area contributed by atoms with E-state index in [9.17, 15) is 14.4 Å². The number of hydrogen-bond donors (Lipinski definition) is 3. The topological polar surface area (TPSA) is 129 Å². The summed E-state index contributed by atoms with van der Waals surface area (Å²) in [7, 11) is 0. The van der Waals surface area contributed by atoms with Crippen LogP contribution in [0.25, 0.3) is 11.1 Å². The molecule has 2 aromatic carbocycles. The predicted octanol–water partition coefficient (Wildman–Crippen LogP) is 4.20. The van der Waals surface area contributed by atoms with Gasteiger partial charge in [0.15, 0.2) is 0 Å². The van der Waals surface area contributed by atoms with Crippen molar-refractivity contribution in [1.29, 1.82) is 5.26 Å². The van der Waals surface area contributed by atoms with Gasteiger partial charge in [0.25, 0.3) is 0 Å². The van der Waals surface area contributed by atoms with Crippen molar-refractivity contribution in [3.63, 3.8) is 0 Å². The third kappa shape index (κ3) is 6.82. The summed E-state index contributed by atoms with van der Waals surface area (Å²) in [6.07, 6.45) is 0.819. The summed E-state index contributed by atoms with van der Waals surface area (Å²) in [5.41, 5.74) is 4.43. The van der Waals surface area contributed by atoms with Gasteiger partial charge >= 0.3 is 12.1 Å². The first kappa shape index (κ1) is 25.8. The second-order valence-electron chi connectivity index (χ2n) is 8.69. The summed E-state index contributed by atoms with van der Waals surface area (Å²) in [4.78, 5) is 36.4. The fourth-order valence-corrected chi connectivity index (χ4v) is 4.41. The van der Waals surface area contributed by atoms with Gasteiger partial charge in [-0.05, 0) is 41.0 Å². The molecule has 0 fully saturated rings. The van der Waals surface area contributed by atoms with Gasteiger partial charge in [0, 0.05) is 25.3 Å². The Labute approximate surface area is 205 Å². The van der Waals surface area contributed by atoms with Crippen LogP contribution in [0.5, 0.6) is 0 Å². The molecule has 2 amide bonds. The molecule has 0 radical (unpaired) electrons. The molecule has 0 spiro atoms. The Kier molecular flexibility index (Phi) is 9.24. The number of carbonyl (C=O) groups excluding carboxylic acids is 2. The summed E-state index contributed by atoms with van der Waals surface area (Å²) >= 11 is 0. The monoisotopic (exact) mass is 477 g/mol. The van der Waals surface area contributed by atoms with E-state index in [1.807, 2.05) is 49.4 Å². The van der Waals surface area contributed by atoms with Gasteiger partial charge in [0.1, 0.15) is 12.6 Å². The van der Waals surface area contributed by atoms with Crippen molar-refractivity contribution in [2.24, 2.45) is 5.92 Å². The number of aliphatic carboxylic acids is 1. The molecule has 1 aliphatic rings. The molecule has 2 unspecified atom stereocenters. The van der Waals surface area contributed by atoms with Crippen molar-refractivity contribution in [1.82, 2.24) is 10.6 Å². The number of unbranched alkanes of at least 4 members (excludes halogenated alkanes) is 1. The fourth-order valence-electron chi connectivity index (χ4n) is 4.41. The molecule has 8 heteroatoms. The highest BCUT2D eigenvalue weighted by Gasteiger charge is 2.30. The number of fused-ring (bicyclic) bond motifs is 3. The average Bonchev–Trinajstić information content (AvgIpc) is 3.18. The van der Waals surface area contributed by atoms with E-state index < -0.39 is 24.0 Å². The van der Waals surface area contributed by atoms with Crippen LogP contribution in [0.1, 0.15) is 56.1 Å². The number of nitrogens with one attached hydrogen (secondary N) is 2. The van der Waals surface area contributed by atoms with Gasteiger partial charge in [0.05, 0.1) is 6.07 Å². The quantitative estimate of drug-likeness (QED) is 0.393. The highest BCUT2D eigenvalue weighted by Crippen LogP contribution is 2.44. The largest absolute Gasteiger partial charge is 0.481 e. The van der Waals surface area contributed by atoms with Crippen molar-refractivity contribution < 1.29 is 24.2 Å². The van der Waals surface area contributed by atoms with Crippen molar-refractivity contribution in [2.45, 2.75) is 51.0 Å². The lowest BCUT2D eigenvalue weighted by molar-refractivity contribution is -0.138. The molecule has 0 saturated carbocycles. The van der Waals surface area contributed by atoms with Crippen molar-refractivity contribution in [3.05, 3.63) is 59.7 Å². The van der Waals surface area contributed by atoms with E-state index in [1.165, 1.54) is 0 Å². The summed E-state index contributed by atoms with van der Waals surface area (Å²) in [6.45, 7) is 2.19. The molecule has 184 valence electrons. The zero-order valence-corrected chi connectivity index (χ0v) is 19.8. The molecule has 0 aromatic heterocycles. The zero-order chi connectivity index (χ0) is 25.2. The van der Waals surface area contributed by atoms with E-state index in [0.717, 1.165) is 22.3 Å². The third-order valence-electron chi connectivity index (χ3n) is 6.34. The van der Waals surface area contributed by atoms with Gasteiger partial charge in [0.2, 0.25) is 5.91 Å². The van der Waals surface area contributed by atoms with E-state index in [2.05, 4.69) is 22.8 Å². The molecule has 0 bridgehead atoms. The van der Waals surface area contributed by atoms with Gasteiger partial charge in [-0.1, -0.05) is 61.9 Å². The first-order chi connectivity index (χ1) is 16.9. The zero-order valence-electron chi connectivity index (χ0n) is 19.8. The van der Waals surface area contributed by atoms with Gasteiger partial charge in [-0.15, -0.1) is 0 Å². The maximum Gasteiger partial charge on any atom is 0.407 e. The number of carbonyl (C=O) groups is 3. The fraction of sp³-hybridized carbons (Fsp3) is 0.407. The molecular formula is C27H31N3O5. The minimum Gasteiger partial charge on any atom is -0.481 e. The summed E-state index contributed by atoms with van der Waals surface area (Å²) < 4.78 is 5.55. The molecule has 0 aliphatic heterocycles. The highest BCUT2D eigenvalue weighted by atomic mass is 16.5. The van der Waals surface area contributed by atoms with E-state index in [4.69, 9.17) is 15.1 Å². The summed E-state index contributed by atoms with van der Waals surface area (Å²) in [5, 5.41) is 23.2. The van der Waals surface area contributed by atoms with E-state index >= 15 is 0 Å². The summed E-state index contributed by atoms with van der Waals surface area (Å²) in [5.74, 6) is -1.64. The number of rotatable bonds is 12. The standard InChI is InChI=1S/C27H31N3O5/c1-2-18(15-25(31)32)16-29-26(33)24(13-7-8-14-28)30-27(34)35-17-23-21-11-5-3-9-19(21)20-10-4-6-12-22(20)23/h3-6,9-12,18,23-24H,2,7-8,13,15-17H2,1H3,(H,29,33)(H,30,34)(H,31,32). The van der Waals surface area contributed by atoms with Crippen LogP contribution in [0.2, 0.25) is 0 Å². The smallest absolute Gasteiger partial charge is 0.407 e. The number of nitriles is 1. The van der Waals surface area contributed by atoms with Crippen LogP contribution in [-0.2, 0) is 14.3 Å². The molecule has 1 aliphatic carbocycles. The lowest BCUT2D eigenvalue weighted by Gasteiger charge is -2.21. The molecule has 3 N–H and O–H groups in total. The average molecular weight is 478 g/mol. The Morgan fingerprint density at radius 3 is 2.29 bits per heavy atom. The Morgan fingerprint density at radius 2 is 1.71 bits per heavy atom. The number of amides is 2. The van der Waals surface area contributed by atoms with E-state index in [-0.39, 0.29) is 44.2 Å². The number of ether oxygens (including phenoxy) is 1. The van der Waals surface area contributed by atoms with Crippen LogP contribution in [0.4, 0.5) is 4.79 Å². The van der Waals surface area contributed by atoms with E-state index in [1.54, 1.807) is 0 Å². The van der Waals surface area contributed by atoms with Crippen LogP contribution in [-0.4, -0.2) is 42.3 Å². The second-order valence-corrected chi connectivity index (χ2v) is 8.69. The molecule has 0 saturated heterocycles. The molecule has 2 atom stereocenters. The Hall–Kier alpha value is -3.86. The Balaban J connectivity index is 1.61. The number of carboxylic acids is 1. The van der Waals surface area contributed by atoms with Crippen LogP contribution in [0.15, 0.2) is 48.5 Å². The van der Waals surface area contributed by atoms with Gasteiger partial charge < -0.3 is 20.5 Å². The first-order valence-corrected chi connectivity index (χ1v) is 11.9. The molecular weight excluding hydrogens is 446 g/mol. The summed E-state index contributed by atoms with van der Waals surface area (Å²) in [6, 6.07) is 17.2. The Bertz CT molecular complexity index is 1050. The maximum absolute atomic E-state index is 12.8.